The Bertz CT molecular complexity index is 878. The minimum Gasteiger partial charge on any atom is -0.480 e. The lowest BCUT2D eigenvalue weighted by Crippen LogP contribution is -2.38. The van der Waals surface area contributed by atoms with Crippen LogP contribution < -0.4 is 10.1 Å². The van der Waals surface area contributed by atoms with Gasteiger partial charge < -0.3 is 10.1 Å². The number of benzene rings is 3. The number of ether oxygens (including phenoxy) is 1. The highest BCUT2D eigenvalue weighted by Crippen LogP contribution is 2.28. The minimum absolute atomic E-state index is 0.0687. The number of hydrogen-bond donors (Lipinski definition) is 1. The molecule has 3 nitrogen and oxygen atoms in total. The van der Waals surface area contributed by atoms with Crippen molar-refractivity contribution >= 4 is 5.91 Å². The van der Waals surface area contributed by atoms with Crippen LogP contribution in [0.4, 0.5) is 0 Å². The van der Waals surface area contributed by atoms with E-state index >= 15 is 0 Å². The van der Waals surface area contributed by atoms with Crippen molar-refractivity contribution in [1.29, 1.82) is 0 Å². The van der Waals surface area contributed by atoms with Crippen molar-refractivity contribution in [1.82, 2.24) is 5.32 Å². The highest BCUT2D eigenvalue weighted by molar-refractivity contribution is 5.83. The van der Waals surface area contributed by atoms with Gasteiger partial charge in [-0.25, -0.2) is 0 Å². The molecular formula is C23H21NO2. The standard InChI is InChI=1S/C23H21NO2/c1-16(17-11-13-19(14-12-17)18-7-3-2-4-8-18)24-23(25)22-15-20-9-5-6-10-21(20)26-22/h2-14,16,22H,15H2,1H3,(H,24,25)/t16-,22-/m0/s1. The molecule has 0 saturated heterocycles. The first-order valence-electron chi connectivity index (χ1n) is 8.91. The topological polar surface area (TPSA) is 38.3 Å². The lowest BCUT2D eigenvalue weighted by atomic mass is 10.0. The van der Waals surface area contributed by atoms with E-state index in [0.29, 0.717) is 6.42 Å². The lowest BCUT2D eigenvalue weighted by Gasteiger charge is -2.18. The SMILES string of the molecule is C[C@H](NC(=O)[C@@H]1Cc2ccccc2O1)c1ccc(-c2ccccc2)cc1. The molecule has 26 heavy (non-hydrogen) atoms. The Morgan fingerprint density at radius 1 is 0.923 bits per heavy atom. The van der Waals surface area contributed by atoms with Crippen LogP contribution in [0.1, 0.15) is 24.1 Å². The van der Waals surface area contributed by atoms with Gasteiger partial charge in [-0.15, -0.1) is 0 Å². The van der Waals surface area contributed by atoms with Crippen molar-refractivity contribution in [2.45, 2.75) is 25.5 Å². The maximum Gasteiger partial charge on any atom is 0.261 e. The lowest BCUT2D eigenvalue weighted by molar-refractivity contribution is -0.127. The molecule has 0 radical (unpaired) electrons. The third-order valence-corrected chi connectivity index (χ3v) is 4.82. The van der Waals surface area contributed by atoms with Crippen LogP contribution in [-0.2, 0) is 11.2 Å². The van der Waals surface area contributed by atoms with Crippen LogP contribution >= 0.6 is 0 Å². The number of hydrogen-bond acceptors (Lipinski definition) is 2. The van der Waals surface area contributed by atoms with Gasteiger partial charge in [-0.3, -0.25) is 4.79 Å². The van der Waals surface area contributed by atoms with Gasteiger partial charge in [0.2, 0.25) is 0 Å². The quantitative estimate of drug-likeness (QED) is 0.755. The fourth-order valence-corrected chi connectivity index (χ4v) is 3.31. The number of fused-ring (bicyclic) bond motifs is 1. The Hall–Kier alpha value is -3.07. The van der Waals surface area contributed by atoms with E-state index in [1.807, 2.05) is 49.4 Å². The molecule has 1 amide bonds. The summed E-state index contributed by atoms with van der Waals surface area (Å²) in [6.07, 6.45) is 0.181. The predicted octanol–water partition coefficient (Wildman–Crippen LogP) is 4.53. The first kappa shape index (κ1) is 16.4. The van der Waals surface area contributed by atoms with Crippen LogP contribution in [0.25, 0.3) is 11.1 Å². The number of rotatable bonds is 4. The third kappa shape index (κ3) is 3.33. The fourth-order valence-electron chi connectivity index (χ4n) is 3.31. The van der Waals surface area contributed by atoms with Crippen LogP contribution in [0, 0.1) is 0 Å². The number of carbonyl (C=O) groups excluding carboxylic acids is 1. The number of para-hydroxylation sites is 1. The Balaban J connectivity index is 1.40. The summed E-state index contributed by atoms with van der Waals surface area (Å²) in [5.41, 5.74) is 4.52. The maximum absolute atomic E-state index is 12.5. The first-order chi connectivity index (χ1) is 12.7. The van der Waals surface area contributed by atoms with Gasteiger partial charge in [-0.1, -0.05) is 72.8 Å². The summed E-state index contributed by atoms with van der Waals surface area (Å²) < 4.78 is 5.77. The molecule has 4 rings (SSSR count). The van der Waals surface area contributed by atoms with Gasteiger partial charge in [0.15, 0.2) is 6.10 Å². The summed E-state index contributed by atoms with van der Waals surface area (Å²) in [5, 5.41) is 3.07. The highest BCUT2D eigenvalue weighted by atomic mass is 16.5. The third-order valence-electron chi connectivity index (χ3n) is 4.82. The van der Waals surface area contributed by atoms with Gasteiger partial charge in [-0.05, 0) is 35.2 Å². The summed E-state index contributed by atoms with van der Waals surface area (Å²) in [4.78, 5) is 12.5. The van der Waals surface area contributed by atoms with Crippen molar-refractivity contribution < 1.29 is 9.53 Å². The van der Waals surface area contributed by atoms with Crippen LogP contribution in [0.3, 0.4) is 0 Å². The molecule has 3 heteroatoms. The van der Waals surface area contributed by atoms with Gasteiger partial charge >= 0.3 is 0 Å². The van der Waals surface area contributed by atoms with E-state index in [4.69, 9.17) is 4.74 Å². The van der Waals surface area contributed by atoms with Crippen molar-refractivity contribution in [3.63, 3.8) is 0 Å². The zero-order chi connectivity index (χ0) is 17.9. The summed E-state index contributed by atoms with van der Waals surface area (Å²) >= 11 is 0. The Morgan fingerprint density at radius 3 is 2.31 bits per heavy atom. The average molecular weight is 343 g/mol. The van der Waals surface area contributed by atoms with E-state index in [-0.39, 0.29) is 11.9 Å². The second-order valence-corrected chi connectivity index (χ2v) is 6.64. The Labute approximate surface area is 153 Å². The van der Waals surface area contributed by atoms with Crippen molar-refractivity contribution in [2.24, 2.45) is 0 Å². The average Bonchev–Trinajstić information content (AvgIpc) is 3.13. The maximum atomic E-state index is 12.5. The normalized spacial score (nSPS) is 16.4. The van der Waals surface area contributed by atoms with E-state index in [2.05, 4.69) is 41.7 Å². The van der Waals surface area contributed by atoms with E-state index in [1.165, 1.54) is 11.1 Å². The monoisotopic (exact) mass is 343 g/mol. The van der Waals surface area contributed by atoms with Crippen molar-refractivity contribution in [3.8, 4) is 16.9 Å². The molecule has 0 saturated carbocycles. The second kappa shape index (κ2) is 7.04. The van der Waals surface area contributed by atoms with Gasteiger partial charge in [0.25, 0.3) is 5.91 Å². The van der Waals surface area contributed by atoms with Gasteiger partial charge in [0, 0.05) is 6.42 Å². The van der Waals surface area contributed by atoms with Crippen LogP contribution in [0.2, 0.25) is 0 Å². The molecule has 1 aliphatic heterocycles. The molecule has 0 unspecified atom stereocenters. The molecule has 2 atom stereocenters. The summed E-state index contributed by atoms with van der Waals surface area (Å²) in [5.74, 6) is 0.744. The molecular weight excluding hydrogens is 322 g/mol. The number of nitrogens with one attached hydrogen (secondary N) is 1. The molecule has 0 fully saturated rings. The molecule has 3 aromatic carbocycles. The minimum atomic E-state index is -0.446. The van der Waals surface area contributed by atoms with E-state index < -0.39 is 6.10 Å². The van der Waals surface area contributed by atoms with Gasteiger partial charge in [-0.2, -0.15) is 0 Å². The smallest absolute Gasteiger partial charge is 0.261 e. The van der Waals surface area contributed by atoms with Gasteiger partial charge in [0.1, 0.15) is 5.75 Å². The molecule has 0 spiro atoms. The van der Waals surface area contributed by atoms with Crippen LogP contribution in [0.5, 0.6) is 5.75 Å². The van der Waals surface area contributed by atoms with E-state index in [1.54, 1.807) is 0 Å². The molecule has 130 valence electrons. The summed E-state index contributed by atoms with van der Waals surface area (Å²) in [7, 11) is 0. The Kier molecular flexibility index (Phi) is 4.44. The summed E-state index contributed by atoms with van der Waals surface area (Å²) in [6, 6.07) is 26.3. The van der Waals surface area contributed by atoms with Crippen LogP contribution in [0.15, 0.2) is 78.9 Å². The zero-order valence-electron chi connectivity index (χ0n) is 14.7. The molecule has 1 N–H and O–H groups in total. The Morgan fingerprint density at radius 2 is 1.58 bits per heavy atom. The van der Waals surface area contributed by atoms with E-state index in [9.17, 15) is 4.79 Å². The van der Waals surface area contributed by atoms with Crippen LogP contribution in [-0.4, -0.2) is 12.0 Å². The molecule has 1 aliphatic rings. The zero-order valence-corrected chi connectivity index (χ0v) is 14.7. The molecule has 3 aromatic rings. The largest absolute Gasteiger partial charge is 0.480 e. The van der Waals surface area contributed by atoms with E-state index in [0.717, 1.165) is 16.9 Å². The number of carbonyl (C=O) groups is 1. The molecule has 0 bridgehead atoms. The van der Waals surface area contributed by atoms with Crippen molar-refractivity contribution in [2.75, 3.05) is 0 Å². The van der Waals surface area contributed by atoms with Crippen molar-refractivity contribution in [3.05, 3.63) is 90.0 Å². The molecule has 1 heterocycles. The predicted molar refractivity (Wildman–Crippen MR) is 103 cm³/mol. The first-order valence-corrected chi connectivity index (χ1v) is 8.91. The summed E-state index contributed by atoms with van der Waals surface area (Å²) in [6.45, 7) is 2.00. The highest BCUT2D eigenvalue weighted by Gasteiger charge is 2.29. The number of amides is 1. The fraction of sp³-hybridized carbons (Fsp3) is 0.174. The molecule has 0 aliphatic carbocycles. The van der Waals surface area contributed by atoms with Gasteiger partial charge in [0.05, 0.1) is 6.04 Å². The second-order valence-electron chi connectivity index (χ2n) is 6.64. The molecule has 0 aromatic heterocycles.